The Kier molecular flexibility index (Phi) is 5.60. The van der Waals surface area contributed by atoms with Crippen LogP contribution in [0.1, 0.15) is 23.1 Å². The molecule has 2 aromatic heterocycles. The van der Waals surface area contributed by atoms with Crippen molar-refractivity contribution >= 4 is 44.2 Å². The van der Waals surface area contributed by atoms with E-state index in [9.17, 15) is 4.79 Å². The number of benzene rings is 1. The topological polar surface area (TPSA) is 54.3 Å². The number of hydrogen-bond donors (Lipinski definition) is 0. The van der Waals surface area contributed by atoms with Crippen molar-refractivity contribution in [1.29, 1.82) is 0 Å². The Morgan fingerprint density at radius 3 is 2.73 bits per heavy atom. The summed E-state index contributed by atoms with van der Waals surface area (Å²) in [6.45, 7) is 5.81. The molecule has 0 aliphatic carbocycles. The highest BCUT2D eigenvalue weighted by atomic mass is 35.5. The minimum atomic E-state index is -0.0838. The summed E-state index contributed by atoms with van der Waals surface area (Å²) in [6.07, 6.45) is 0. The minimum Gasteiger partial charge on any atom is -0.308 e. The lowest BCUT2D eigenvalue weighted by atomic mass is 10.3. The lowest BCUT2D eigenvalue weighted by molar-refractivity contribution is 0.0975. The van der Waals surface area contributed by atoms with Crippen LogP contribution >= 0.6 is 22.9 Å². The Hall–Kier alpha value is -1.96. The fourth-order valence-electron chi connectivity index (χ4n) is 2.68. The van der Waals surface area contributed by atoms with Crippen molar-refractivity contribution < 1.29 is 4.79 Å². The average Bonchev–Trinajstić information content (AvgIpc) is 3.17. The number of likely N-dealkylation sites (N-methyl/N-ethyl adjacent to an activating group) is 1. The highest BCUT2D eigenvalue weighted by Crippen LogP contribution is 2.31. The van der Waals surface area contributed by atoms with E-state index in [1.165, 1.54) is 11.3 Å². The summed E-state index contributed by atoms with van der Waals surface area (Å²) < 4.78 is 2.71. The number of nitrogens with zero attached hydrogens (tertiary/aromatic N) is 5. The van der Waals surface area contributed by atoms with E-state index in [2.05, 4.69) is 10.1 Å². The zero-order chi connectivity index (χ0) is 18.8. The molecule has 1 amide bonds. The second-order valence-electron chi connectivity index (χ2n) is 6.36. The van der Waals surface area contributed by atoms with Crippen molar-refractivity contribution in [3.05, 3.63) is 40.7 Å². The first-order valence-corrected chi connectivity index (χ1v) is 9.65. The number of carbonyl (C=O) groups excluding carboxylic acids is 1. The van der Waals surface area contributed by atoms with E-state index in [0.29, 0.717) is 28.9 Å². The molecule has 3 rings (SSSR count). The molecule has 3 aromatic rings. The molecule has 1 aromatic carbocycles. The third-order valence-corrected chi connectivity index (χ3v) is 5.28. The molecule has 0 saturated carbocycles. The predicted molar refractivity (Wildman–Crippen MR) is 107 cm³/mol. The summed E-state index contributed by atoms with van der Waals surface area (Å²) in [5, 5.41) is 5.74. The maximum Gasteiger partial charge on any atom is 0.278 e. The summed E-state index contributed by atoms with van der Waals surface area (Å²) in [5.41, 5.74) is 2.26. The van der Waals surface area contributed by atoms with Gasteiger partial charge < -0.3 is 4.90 Å². The van der Waals surface area contributed by atoms with Gasteiger partial charge in [0, 0.05) is 24.7 Å². The number of fused-ring (bicyclic) bond motifs is 1. The average molecular weight is 392 g/mol. The van der Waals surface area contributed by atoms with Crippen molar-refractivity contribution in [2.45, 2.75) is 20.4 Å². The molecular weight excluding hydrogens is 370 g/mol. The number of halogens is 1. The number of amides is 1. The van der Waals surface area contributed by atoms with Crippen LogP contribution in [0.25, 0.3) is 10.2 Å². The molecule has 8 heteroatoms. The summed E-state index contributed by atoms with van der Waals surface area (Å²) in [7, 11) is 3.97. The standard InChI is InChI=1S/C18H22ClN5OS/c1-5-24-15(10-12(2)21-24)17(25)23(9-8-22(3)4)18-20-14-7-6-13(19)11-16(14)26-18/h6-7,10-11H,5,8-9H2,1-4H3. The zero-order valence-corrected chi connectivity index (χ0v) is 16.9. The first-order chi connectivity index (χ1) is 12.4. The summed E-state index contributed by atoms with van der Waals surface area (Å²) in [5.74, 6) is -0.0838. The zero-order valence-electron chi connectivity index (χ0n) is 15.4. The predicted octanol–water partition coefficient (Wildman–Crippen LogP) is 3.68. The number of rotatable bonds is 6. The second kappa shape index (κ2) is 7.73. The van der Waals surface area contributed by atoms with Gasteiger partial charge in [0.15, 0.2) is 5.13 Å². The maximum atomic E-state index is 13.3. The quantitative estimate of drug-likeness (QED) is 0.643. The maximum absolute atomic E-state index is 13.3. The fourth-order valence-corrected chi connectivity index (χ4v) is 3.95. The van der Waals surface area contributed by atoms with Gasteiger partial charge in [-0.25, -0.2) is 4.98 Å². The van der Waals surface area contributed by atoms with Gasteiger partial charge in [-0.05, 0) is 52.2 Å². The summed E-state index contributed by atoms with van der Waals surface area (Å²) in [6, 6.07) is 7.41. The van der Waals surface area contributed by atoms with Gasteiger partial charge in [0.05, 0.1) is 15.9 Å². The Balaban J connectivity index is 2.01. The van der Waals surface area contributed by atoms with Gasteiger partial charge >= 0.3 is 0 Å². The van der Waals surface area contributed by atoms with Crippen LogP contribution < -0.4 is 4.90 Å². The van der Waals surface area contributed by atoms with Gasteiger partial charge in [0.25, 0.3) is 5.91 Å². The van der Waals surface area contributed by atoms with Crippen LogP contribution in [0.5, 0.6) is 0 Å². The SMILES string of the molecule is CCn1nc(C)cc1C(=O)N(CCN(C)C)c1nc2ccc(Cl)cc2s1. The number of thiazole rings is 1. The highest BCUT2D eigenvalue weighted by molar-refractivity contribution is 7.22. The van der Waals surface area contributed by atoms with Gasteiger partial charge in [-0.3, -0.25) is 14.4 Å². The molecule has 0 aliphatic rings. The molecule has 138 valence electrons. The Morgan fingerprint density at radius 2 is 2.04 bits per heavy atom. The van der Waals surface area contributed by atoms with Crippen molar-refractivity contribution in [3.8, 4) is 0 Å². The number of aromatic nitrogens is 3. The van der Waals surface area contributed by atoms with Crippen LogP contribution in [0.3, 0.4) is 0 Å². The fraction of sp³-hybridized carbons (Fsp3) is 0.389. The first kappa shape index (κ1) is 18.8. The van der Waals surface area contributed by atoms with Crippen LogP contribution in [-0.4, -0.2) is 52.8 Å². The van der Waals surface area contributed by atoms with Gasteiger partial charge in [-0.1, -0.05) is 22.9 Å². The molecule has 0 saturated heterocycles. The summed E-state index contributed by atoms with van der Waals surface area (Å²) in [4.78, 5) is 21.7. The number of anilines is 1. The molecule has 0 aliphatic heterocycles. The molecular formula is C18H22ClN5OS. The van der Waals surface area contributed by atoms with E-state index in [1.807, 2.05) is 57.1 Å². The van der Waals surface area contributed by atoms with Crippen LogP contribution in [-0.2, 0) is 6.54 Å². The Morgan fingerprint density at radius 1 is 1.27 bits per heavy atom. The number of hydrogen-bond acceptors (Lipinski definition) is 5. The molecule has 0 fully saturated rings. The van der Waals surface area contributed by atoms with Gasteiger partial charge in [0.1, 0.15) is 5.69 Å². The van der Waals surface area contributed by atoms with Gasteiger partial charge in [0.2, 0.25) is 0 Å². The second-order valence-corrected chi connectivity index (χ2v) is 7.80. The van der Waals surface area contributed by atoms with E-state index < -0.39 is 0 Å². The molecule has 26 heavy (non-hydrogen) atoms. The van der Waals surface area contributed by atoms with Crippen molar-refractivity contribution in [2.24, 2.45) is 0 Å². The molecule has 0 spiro atoms. The lowest BCUT2D eigenvalue weighted by Crippen LogP contribution is -2.37. The number of aryl methyl sites for hydroxylation is 2. The van der Waals surface area contributed by atoms with Crippen LogP contribution in [0.4, 0.5) is 5.13 Å². The molecule has 2 heterocycles. The smallest absolute Gasteiger partial charge is 0.278 e. The minimum absolute atomic E-state index is 0.0838. The number of carbonyl (C=O) groups is 1. The monoisotopic (exact) mass is 391 g/mol. The van der Waals surface area contributed by atoms with Crippen molar-refractivity contribution in [3.63, 3.8) is 0 Å². The van der Waals surface area contributed by atoms with E-state index in [4.69, 9.17) is 11.6 Å². The molecule has 6 nitrogen and oxygen atoms in total. The normalized spacial score (nSPS) is 11.5. The molecule has 0 atom stereocenters. The first-order valence-electron chi connectivity index (χ1n) is 8.46. The van der Waals surface area contributed by atoms with E-state index in [-0.39, 0.29) is 5.91 Å². The van der Waals surface area contributed by atoms with Crippen molar-refractivity contribution in [1.82, 2.24) is 19.7 Å². The summed E-state index contributed by atoms with van der Waals surface area (Å²) >= 11 is 7.57. The molecule has 0 bridgehead atoms. The third kappa shape index (κ3) is 3.90. The highest BCUT2D eigenvalue weighted by Gasteiger charge is 2.24. The third-order valence-electron chi connectivity index (χ3n) is 4.01. The van der Waals surface area contributed by atoms with Gasteiger partial charge in [-0.15, -0.1) is 0 Å². The van der Waals surface area contributed by atoms with Gasteiger partial charge in [-0.2, -0.15) is 5.10 Å². The van der Waals surface area contributed by atoms with E-state index in [0.717, 1.165) is 22.5 Å². The van der Waals surface area contributed by atoms with E-state index >= 15 is 0 Å². The molecule has 0 unspecified atom stereocenters. The van der Waals surface area contributed by atoms with Crippen LogP contribution in [0, 0.1) is 6.92 Å². The largest absolute Gasteiger partial charge is 0.308 e. The van der Waals surface area contributed by atoms with E-state index in [1.54, 1.807) is 9.58 Å². The molecule has 0 N–H and O–H groups in total. The lowest BCUT2D eigenvalue weighted by Gasteiger charge is -2.22. The van der Waals surface area contributed by atoms with Crippen LogP contribution in [0.2, 0.25) is 5.02 Å². The Labute approximate surface area is 162 Å². The van der Waals surface area contributed by atoms with Crippen LogP contribution in [0.15, 0.2) is 24.3 Å². The Bertz CT molecular complexity index is 933. The molecule has 0 radical (unpaired) electrons. The van der Waals surface area contributed by atoms with Crippen molar-refractivity contribution in [2.75, 3.05) is 32.1 Å².